The van der Waals surface area contributed by atoms with E-state index in [4.69, 9.17) is 0 Å². The first kappa shape index (κ1) is 15.6. The summed E-state index contributed by atoms with van der Waals surface area (Å²) >= 11 is 0. The smallest absolute Gasteiger partial charge is 0.157 e. The van der Waals surface area contributed by atoms with Crippen LogP contribution in [0, 0.1) is 11.8 Å². The zero-order chi connectivity index (χ0) is 15.1. The first-order chi connectivity index (χ1) is 10.2. The molecule has 5 heteroatoms. The Morgan fingerprint density at radius 3 is 2.57 bits per heavy atom. The number of benzene rings is 1. The van der Waals surface area contributed by atoms with Gasteiger partial charge in [0.1, 0.15) is 0 Å². The number of tetrazole rings is 1. The van der Waals surface area contributed by atoms with E-state index >= 15 is 0 Å². The molecular formula is C16H25N5. The molecule has 0 aliphatic rings. The monoisotopic (exact) mass is 287 g/mol. The number of nitrogens with zero attached hydrogens (tertiary/aromatic N) is 4. The number of hydrogen-bond donors (Lipinski definition) is 1. The molecule has 0 bridgehead atoms. The van der Waals surface area contributed by atoms with Gasteiger partial charge in [0.2, 0.25) is 0 Å². The molecule has 21 heavy (non-hydrogen) atoms. The van der Waals surface area contributed by atoms with Crippen LogP contribution >= 0.6 is 0 Å². The average Bonchev–Trinajstić information content (AvgIpc) is 2.95. The third kappa shape index (κ3) is 4.63. The lowest BCUT2D eigenvalue weighted by Crippen LogP contribution is -2.28. The van der Waals surface area contributed by atoms with Crippen molar-refractivity contribution in [2.24, 2.45) is 11.8 Å². The zero-order valence-corrected chi connectivity index (χ0v) is 13.2. The highest BCUT2D eigenvalue weighted by Crippen LogP contribution is 2.13. The van der Waals surface area contributed by atoms with Gasteiger partial charge in [-0.25, -0.2) is 0 Å². The molecule has 1 N–H and O–H groups in total. The van der Waals surface area contributed by atoms with Crippen LogP contribution in [0.1, 0.15) is 33.0 Å². The van der Waals surface area contributed by atoms with Crippen molar-refractivity contribution in [2.45, 2.75) is 33.6 Å². The van der Waals surface area contributed by atoms with Crippen molar-refractivity contribution in [2.75, 3.05) is 13.1 Å². The largest absolute Gasteiger partial charge is 0.316 e. The van der Waals surface area contributed by atoms with Crippen LogP contribution in [0.3, 0.4) is 0 Å². The van der Waals surface area contributed by atoms with Crippen molar-refractivity contribution in [1.29, 1.82) is 0 Å². The SMILES string of the molecule is CCC(CNCC(C)C)Cc1nnnn1-c1ccccc1. The van der Waals surface area contributed by atoms with Gasteiger partial charge in [0.15, 0.2) is 5.82 Å². The van der Waals surface area contributed by atoms with Crippen LogP contribution in [-0.2, 0) is 6.42 Å². The molecule has 1 aromatic heterocycles. The highest BCUT2D eigenvalue weighted by molar-refractivity contribution is 5.30. The summed E-state index contributed by atoms with van der Waals surface area (Å²) in [7, 11) is 0. The van der Waals surface area contributed by atoms with Gasteiger partial charge >= 0.3 is 0 Å². The molecule has 0 saturated heterocycles. The number of nitrogens with one attached hydrogen (secondary N) is 1. The fourth-order valence-electron chi connectivity index (χ4n) is 2.30. The van der Waals surface area contributed by atoms with Gasteiger partial charge in [0.25, 0.3) is 0 Å². The molecule has 0 radical (unpaired) electrons. The molecule has 0 aliphatic heterocycles. The molecule has 2 rings (SSSR count). The summed E-state index contributed by atoms with van der Waals surface area (Å²) in [5.41, 5.74) is 1.02. The quantitative estimate of drug-likeness (QED) is 0.810. The third-order valence-electron chi connectivity index (χ3n) is 3.57. The van der Waals surface area contributed by atoms with E-state index in [0.717, 1.165) is 37.4 Å². The highest BCUT2D eigenvalue weighted by atomic mass is 15.5. The van der Waals surface area contributed by atoms with Crippen molar-refractivity contribution >= 4 is 0 Å². The minimum atomic E-state index is 0.553. The van der Waals surface area contributed by atoms with Crippen LogP contribution in [-0.4, -0.2) is 33.3 Å². The summed E-state index contributed by atoms with van der Waals surface area (Å²) < 4.78 is 1.84. The van der Waals surface area contributed by atoms with E-state index in [0.29, 0.717) is 11.8 Å². The second kappa shape index (κ2) is 7.88. The molecular weight excluding hydrogens is 262 g/mol. The predicted octanol–water partition coefficient (Wildman–Crippen LogP) is 2.48. The van der Waals surface area contributed by atoms with Gasteiger partial charge in [-0.05, 0) is 47.5 Å². The Morgan fingerprint density at radius 2 is 1.90 bits per heavy atom. The number of rotatable bonds is 8. The minimum absolute atomic E-state index is 0.553. The van der Waals surface area contributed by atoms with Crippen LogP contribution < -0.4 is 5.32 Å². The molecule has 5 nitrogen and oxygen atoms in total. The molecule has 1 heterocycles. The van der Waals surface area contributed by atoms with Gasteiger partial charge in [-0.3, -0.25) is 0 Å². The maximum atomic E-state index is 4.20. The predicted molar refractivity (Wildman–Crippen MR) is 84.3 cm³/mol. The van der Waals surface area contributed by atoms with E-state index < -0.39 is 0 Å². The minimum Gasteiger partial charge on any atom is -0.316 e. The topological polar surface area (TPSA) is 55.6 Å². The van der Waals surface area contributed by atoms with Crippen LogP contribution in [0.2, 0.25) is 0 Å². The molecule has 2 aromatic rings. The number of hydrogen-bond acceptors (Lipinski definition) is 4. The molecule has 0 amide bonds. The molecule has 1 unspecified atom stereocenters. The third-order valence-corrected chi connectivity index (χ3v) is 3.57. The average molecular weight is 287 g/mol. The van der Waals surface area contributed by atoms with Gasteiger partial charge in [0, 0.05) is 6.42 Å². The molecule has 1 atom stereocenters. The number of aromatic nitrogens is 4. The van der Waals surface area contributed by atoms with E-state index in [1.807, 2.05) is 35.0 Å². The van der Waals surface area contributed by atoms with Crippen molar-refractivity contribution in [1.82, 2.24) is 25.5 Å². The van der Waals surface area contributed by atoms with Crippen LogP contribution in [0.4, 0.5) is 0 Å². The molecule has 114 valence electrons. The van der Waals surface area contributed by atoms with Crippen molar-refractivity contribution in [3.05, 3.63) is 36.2 Å². The van der Waals surface area contributed by atoms with E-state index in [2.05, 4.69) is 41.6 Å². The van der Waals surface area contributed by atoms with Gasteiger partial charge < -0.3 is 5.32 Å². The Balaban J connectivity index is 2.00. The Hall–Kier alpha value is -1.75. The first-order valence-corrected chi connectivity index (χ1v) is 7.74. The van der Waals surface area contributed by atoms with Crippen molar-refractivity contribution in [3.63, 3.8) is 0 Å². The summed E-state index contributed by atoms with van der Waals surface area (Å²) in [4.78, 5) is 0. The fraction of sp³-hybridized carbons (Fsp3) is 0.562. The normalized spacial score (nSPS) is 12.8. The van der Waals surface area contributed by atoms with Crippen molar-refractivity contribution < 1.29 is 0 Å². The van der Waals surface area contributed by atoms with Crippen LogP contribution in [0.5, 0.6) is 0 Å². The Labute approximate surface area is 126 Å². The zero-order valence-electron chi connectivity index (χ0n) is 13.2. The number of para-hydroxylation sites is 1. The summed E-state index contributed by atoms with van der Waals surface area (Å²) in [5.74, 6) is 2.16. The van der Waals surface area contributed by atoms with E-state index in [9.17, 15) is 0 Å². The van der Waals surface area contributed by atoms with Gasteiger partial charge in [-0.1, -0.05) is 45.4 Å². The summed E-state index contributed by atoms with van der Waals surface area (Å²) in [6, 6.07) is 10.1. The van der Waals surface area contributed by atoms with Gasteiger partial charge in [-0.2, -0.15) is 4.68 Å². The summed E-state index contributed by atoms with van der Waals surface area (Å²) in [5, 5.41) is 15.7. The van der Waals surface area contributed by atoms with E-state index in [1.54, 1.807) is 0 Å². The van der Waals surface area contributed by atoms with Gasteiger partial charge in [-0.15, -0.1) is 5.10 Å². The Kier molecular flexibility index (Phi) is 5.87. The molecule has 0 fully saturated rings. The molecule has 0 spiro atoms. The lowest BCUT2D eigenvalue weighted by molar-refractivity contribution is 0.428. The van der Waals surface area contributed by atoms with Crippen LogP contribution in [0.15, 0.2) is 30.3 Å². The van der Waals surface area contributed by atoms with Crippen molar-refractivity contribution in [3.8, 4) is 5.69 Å². The Bertz CT molecular complexity index is 520. The second-order valence-corrected chi connectivity index (χ2v) is 5.87. The van der Waals surface area contributed by atoms with E-state index in [-0.39, 0.29) is 0 Å². The lowest BCUT2D eigenvalue weighted by atomic mass is 10.0. The highest BCUT2D eigenvalue weighted by Gasteiger charge is 2.14. The maximum Gasteiger partial charge on any atom is 0.157 e. The summed E-state index contributed by atoms with van der Waals surface area (Å²) in [6.45, 7) is 8.74. The lowest BCUT2D eigenvalue weighted by Gasteiger charge is -2.16. The van der Waals surface area contributed by atoms with E-state index in [1.165, 1.54) is 0 Å². The molecule has 0 aliphatic carbocycles. The fourth-order valence-corrected chi connectivity index (χ4v) is 2.30. The standard InChI is InChI=1S/C16H25N5/c1-4-14(12-17-11-13(2)3)10-16-18-19-20-21(16)15-8-6-5-7-9-15/h5-9,13-14,17H,4,10-12H2,1-3H3. The molecule has 0 saturated carbocycles. The summed E-state index contributed by atoms with van der Waals surface area (Å²) in [6.07, 6.45) is 2.01. The van der Waals surface area contributed by atoms with Crippen LogP contribution in [0.25, 0.3) is 5.69 Å². The second-order valence-electron chi connectivity index (χ2n) is 5.87. The Morgan fingerprint density at radius 1 is 1.14 bits per heavy atom. The van der Waals surface area contributed by atoms with Gasteiger partial charge in [0.05, 0.1) is 5.69 Å². The first-order valence-electron chi connectivity index (χ1n) is 7.74. The maximum absolute atomic E-state index is 4.20. The molecule has 1 aromatic carbocycles.